The van der Waals surface area contributed by atoms with Gasteiger partial charge in [0.25, 0.3) is 0 Å². The molecule has 1 amide bonds. The Labute approximate surface area is 118 Å². The first kappa shape index (κ1) is 13.4. The van der Waals surface area contributed by atoms with Gasteiger partial charge in [0.2, 0.25) is 5.91 Å². The normalized spacial score (nSPS) is 28.4. The van der Waals surface area contributed by atoms with Crippen LogP contribution in [0.15, 0.2) is 24.5 Å². The predicted molar refractivity (Wildman–Crippen MR) is 73.3 cm³/mol. The third-order valence-electron chi connectivity index (χ3n) is 4.33. The van der Waals surface area contributed by atoms with Crippen LogP contribution < -0.4 is 4.74 Å². The summed E-state index contributed by atoms with van der Waals surface area (Å²) in [5.74, 6) is 1.91. The van der Waals surface area contributed by atoms with Gasteiger partial charge in [-0.25, -0.2) is 0 Å². The SMILES string of the molecule is COCC(=O)N1C[C@H]2CC[C@H](Oc3cccnc3)[C@H]2C1. The minimum absolute atomic E-state index is 0.0852. The number of rotatable bonds is 4. The van der Waals surface area contributed by atoms with Gasteiger partial charge in [0, 0.05) is 32.3 Å². The molecule has 1 aromatic rings. The topological polar surface area (TPSA) is 51.7 Å². The van der Waals surface area contributed by atoms with Crippen LogP contribution in [-0.4, -0.2) is 48.7 Å². The molecule has 0 aromatic carbocycles. The number of amides is 1. The van der Waals surface area contributed by atoms with Gasteiger partial charge < -0.3 is 14.4 Å². The highest BCUT2D eigenvalue weighted by molar-refractivity contribution is 5.77. The van der Waals surface area contributed by atoms with E-state index in [0.717, 1.165) is 31.7 Å². The maximum atomic E-state index is 11.9. The summed E-state index contributed by atoms with van der Waals surface area (Å²) in [6.45, 7) is 1.81. The zero-order chi connectivity index (χ0) is 13.9. The van der Waals surface area contributed by atoms with E-state index < -0.39 is 0 Å². The molecule has 1 saturated carbocycles. The monoisotopic (exact) mass is 276 g/mol. The van der Waals surface area contributed by atoms with Crippen molar-refractivity contribution in [2.45, 2.75) is 18.9 Å². The smallest absolute Gasteiger partial charge is 0.248 e. The van der Waals surface area contributed by atoms with E-state index in [9.17, 15) is 4.79 Å². The average Bonchev–Trinajstić information content (AvgIpc) is 3.02. The van der Waals surface area contributed by atoms with Crippen LogP contribution in [0.5, 0.6) is 5.75 Å². The lowest BCUT2D eigenvalue weighted by molar-refractivity contribution is -0.134. The molecule has 0 radical (unpaired) electrons. The summed E-state index contributed by atoms with van der Waals surface area (Å²) < 4.78 is 11.0. The van der Waals surface area contributed by atoms with Crippen LogP contribution in [0, 0.1) is 11.8 Å². The standard InChI is InChI=1S/C15H20N2O3/c1-19-10-15(18)17-8-11-4-5-14(13(11)9-17)20-12-3-2-6-16-7-12/h2-3,6-7,11,13-14H,4-5,8-10H2,1H3/t11-,13+,14+/m1/s1. The molecule has 3 atom stereocenters. The number of carbonyl (C=O) groups is 1. The number of ether oxygens (including phenoxy) is 2. The van der Waals surface area contributed by atoms with Crippen LogP contribution in [0.2, 0.25) is 0 Å². The highest BCUT2D eigenvalue weighted by atomic mass is 16.5. The number of pyridine rings is 1. The zero-order valence-electron chi connectivity index (χ0n) is 11.7. The van der Waals surface area contributed by atoms with Crippen molar-refractivity contribution in [2.75, 3.05) is 26.8 Å². The lowest BCUT2D eigenvalue weighted by atomic mass is 9.99. The summed E-state index contributed by atoms with van der Waals surface area (Å²) in [7, 11) is 1.56. The molecule has 2 fully saturated rings. The van der Waals surface area contributed by atoms with Crippen molar-refractivity contribution in [1.29, 1.82) is 0 Å². The third kappa shape index (κ3) is 2.63. The van der Waals surface area contributed by atoms with Gasteiger partial charge in [-0.3, -0.25) is 9.78 Å². The number of fused-ring (bicyclic) bond motifs is 1. The number of nitrogens with zero attached hydrogens (tertiary/aromatic N) is 2. The molecule has 5 heteroatoms. The molecule has 1 aromatic heterocycles. The van der Waals surface area contributed by atoms with Crippen LogP contribution >= 0.6 is 0 Å². The van der Waals surface area contributed by atoms with Gasteiger partial charge in [-0.2, -0.15) is 0 Å². The van der Waals surface area contributed by atoms with Crippen LogP contribution in [0.4, 0.5) is 0 Å². The Balaban J connectivity index is 1.61. The van der Waals surface area contributed by atoms with Gasteiger partial charge in [-0.1, -0.05) is 0 Å². The maximum Gasteiger partial charge on any atom is 0.248 e. The highest BCUT2D eigenvalue weighted by Gasteiger charge is 2.45. The van der Waals surface area contributed by atoms with Crippen molar-refractivity contribution < 1.29 is 14.3 Å². The molecule has 0 N–H and O–H groups in total. The second-order valence-corrected chi connectivity index (χ2v) is 5.58. The molecule has 2 aliphatic rings. The lowest BCUT2D eigenvalue weighted by Crippen LogP contribution is -2.34. The summed E-state index contributed by atoms with van der Waals surface area (Å²) in [4.78, 5) is 17.9. The van der Waals surface area contributed by atoms with Gasteiger partial charge >= 0.3 is 0 Å². The van der Waals surface area contributed by atoms with E-state index in [1.165, 1.54) is 0 Å². The fourth-order valence-corrected chi connectivity index (χ4v) is 3.37. The Bertz CT molecular complexity index is 465. The van der Waals surface area contributed by atoms with E-state index in [-0.39, 0.29) is 18.6 Å². The number of carbonyl (C=O) groups excluding carboxylic acids is 1. The molecule has 0 spiro atoms. The van der Waals surface area contributed by atoms with Crippen LogP contribution in [0.1, 0.15) is 12.8 Å². The van der Waals surface area contributed by atoms with E-state index in [0.29, 0.717) is 11.8 Å². The Morgan fingerprint density at radius 2 is 2.35 bits per heavy atom. The zero-order valence-corrected chi connectivity index (χ0v) is 11.7. The van der Waals surface area contributed by atoms with Crippen molar-refractivity contribution in [3.63, 3.8) is 0 Å². The van der Waals surface area contributed by atoms with Gasteiger partial charge in [-0.15, -0.1) is 0 Å². The molecule has 5 nitrogen and oxygen atoms in total. The van der Waals surface area contributed by atoms with Crippen LogP contribution in [-0.2, 0) is 9.53 Å². The van der Waals surface area contributed by atoms with E-state index in [4.69, 9.17) is 9.47 Å². The minimum atomic E-state index is 0.0852. The van der Waals surface area contributed by atoms with E-state index in [1.54, 1.807) is 19.5 Å². The van der Waals surface area contributed by atoms with Crippen molar-refractivity contribution in [1.82, 2.24) is 9.88 Å². The fraction of sp³-hybridized carbons (Fsp3) is 0.600. The molecular formula is C15H20N2O3. The lowest BCUT2D eigenvalue weighted by Gasteiger charge is -2.21. The molecule has 1 aliphatic carbocycles. The first-order valence-electron chi connectivity index (χ1n) is 7.11. The van der Waals surface area contributed by atoms with Crippen molar-refractivity contribution in [2.24, 2.45) is 11.8 Å². The molecule has 2 heterocycles. The second kappa shape index (κ2) is 5.79. The second-order valence-electron chi connectivity index (χ2n) is 5.58. The predicted octanol–water partition coefficient (Wildman–Crippen LogP) is 1.34. The molecule has 108 valence electrons. The first-order valence-corrected chi connectivity index (χ1v) is 7.11. The molecule has 0 bridgehead atoms. The van der Waals surface area contributed by atoms with Gasteiger partial charge in [0.15, 0.2) is 0 Å². The average molecular weight is 276 g/mol. The van der Waals surface area contributed by atoms with Gasteiger partial charge in [0.05, 0.1) is 6.20 Å². The third-order valence-corrected chi connectivity index (χ3v) is 4.33. The van der Waals surface area contributed by atoms with Crippen molar-refractivity contribution >= 4 is 5.91 Å². The van der Waals surface area contributed by atoms with Crippen molar-refractivity contribution in [3.05, 3.63) is 24.5 Å². The minimum Gasteiger partial charge on any atom is -0.488 e. The van der Waals surface area contributed by atoms with Gasteiger partial charge in [-0.05, 0) is 30.9 Å². The summed E-state index contributed by atoms with van der Waals surface area (Å²) >= 11 is 0. The summed E-state index contributed by atoms with van der Waals surface area (Å²) in [5, 5.41) is 0. The van der Waals surface area contributed by atoms with E-state index in [1.807, 2.05) is 17.0 Å². The van der Waals surface area contributed by atoms with Crippen LogP contribution in [0.25, 0.3) is 0 Å². The number of likely N-dealkylation sites (tertiary alicyclic amines) is 1. The first-order chi connectivity index (χ1) is 9.78. The molecule has 20 heavy (non-hydrogen) atoms. The summed E-state index contributed by atoms with van der Waals surface area (Å²) in [6.07, 6.45) is 5.88. The Hall–Kier alpha value is -1.62. The fourth-order valence-electron chi connectivity index (χ4n) is 3.37. The van der Waals surface area contributed by atoms with E-state index >= 15 is 0 Å². The number of methoxy groups -OCH3 is 1. The molecule has 1 aliphatic heterocycles. The molecular weight excluding hydrogens is 256 g/mol. The van der Waals surface area contributed by atoms with Crippen molar-refractivity contribution in [3.8, 4) is 5.75 Å². The number of hydrogen-bond donors (Lipinski definition) is 0. The van der Waals surface area contributed by atoms with Crippen LogP contribution in [0.3, 0.4) is 0 Å². The Kier molecular flexibility index (Phi) is 3.87. The summed E-state index contributed by atoms with van der Waals surface area (Å²) in [6, 6.07) is 3.81. The maximum absolute atomic E-state index is 11.9. The Morgan fingerprint density at radius 3 is 3.10 bits per heavy atom. The summed E-state index contributed by atoms with van der Waals surface area (Å²) in [5.41, 5.74) is 0. The van der Waals surface area contributed by atoms with Gasteiger partial charge in [0.1, 0.15) is 18.5 Å². The molecule has 3 rings (SSSR count). The largest absolute Gasteiger partial charge is 0.488 e. The molecule has 1 saturated heterocycles. The Morgan fingerprint density at radius 1 is 1.45 bits per heavy atom. The molecule has 0 unspecified atom stereocenters. The highest BCUT2D eigenvalue weighted by Crippen LogP contribution is 2.40. The number of hydrogen-bond acceptors (Lipinski definition) is 4. The number of aromatic nitrogens is 1. The quantitative estimate of drug-likeness (QED) is 0.833. The van der Waals surface area contributed by atoms with E-state index in [2.05, 4.69) is 4.98 Å².